The van der Waals surface area contributed by atoms with E-state index in [2.05, 4.69) is 27.6 Å². The second kappa shape index (κ2) is 5.89. The SMILES string of the molecule is CCOc1ccc2[nH]cc(C(=O)c3ccc(I)cc3)c2c1. The third kappa shape index (κ3) is 2.81. The van der Waals surface area contributed by atoms with Crippen molar-refractivity contribution < 1.29 is 9.53 Å². The monoisotopic (exact) mass is 391 g/mol. The lowest BCUT2D eigenvalue weighted by atomic mass is 10.0. The average molecular weight is 391 g/mol. The zero-order valence-electron chi connectivity index (χ0n) is 11.5. The van der Waals surface area contributed by atoms with E-state index in [0.717, 1.165) is 20.2 Å². The van der Waals surface area contributed by atoms with Crippen LogP contribution in [0.1, 0.15) is 22.8 Å². The van der Waals surface area contributed by atoms with Crippen molar-refractivity contribution in [2.45, 2.75) is 6.92 Å². The fourth-order valence-electron chi connectivity index (χ4n) is 2.30. The first-order valence-electron chi connectivity index (χ1n) is 6.73. The summed E-state index contributed by atoms with van der Waals surface area (Å²) in [4.78, 5) is 15.8. The van der Waals surface area contributed by atoms with Crippen LogP contribution in [0.15, 0.2) is 48.7 Å². The fraction of sp³-hybridized carbons (Fsp3) is 0.118. The predicted molar refractivity (Wildman–Crippen MR) is 92.1 cm³/mol. The largest absolute Gasteiger partial charge is 0.494 e. The number of fused-ring (bicyclic) bond motifs is 1. The molecule has 0 aliphatic heterocycles. The molecular weight excluding hydrogens is 377 g/mol. The van der Waals surface area contributed by atoms with Crippen LogP contribution in [0.25, 0.3) is 10.9 Å². The van der Waals surface area contributed by atoms with Crippen molar-refractivity contribution in [3.05, 3.63) is 63.4 Å². The molecule has 3 aromatic rings. The molecule has 0 amide bonds. The second-order valence-electron chi connectivity index (χ2n) is 4.68. The molecule has 4 heteroatoms. The van der Waals surface area contributed by atoms with Gasteiger partial charge in [-0.2, -0.15) is 0 Å². The minimum absolute atomic E-state index is 0.0197. The second-order valence-corrected chi connectivity index (χ2v) is 5.92. The Labute approximate surface area is 136 Å². The van der Waals surface area contributed by atoms with Crippen molar-refractivity contribution in [1.29, 1.82) is 0 Å². The summed E-state index contributed by atoms with van der Waals surface area (Å²) in [5.74, 6) is 0.799. The lowest BCUT2D eigenvalue weighted by molar-refractivity contribution is 0.104. The van der Waals surface area contributed by atoms with Crippen LogP contribution in [-0.4, -0.2) is 17.4 Å². The molecule has 2 aromatic carbocycles. The molecule has 3 nitrogen and oxygen atoms in total. The van der Waals surface area contributed by atoms with E-state index in [1.807, 2.05) is 49.4 Å². The molecule has 106 valence electrons. The van der Waals surface area contributed by atoms with Crippen molar-refractivity contribution in [3.63, 3.8) is 0 Å². The van der Waals surface area contributed by atoms with Crippen molar-refractivity contribution >= 4 is 39.3 Å². The number of hydrogen-bond acceptors (Lipinski definition) is 2. The first-order chi connectivity index (χ1) is 10.2. The first-order valence-corrected chi connectivity index (χ1v) is 7.81. The Morgan fingerprint density at radius 3 is 2.67 bits per heavy atom. The maximum Gasteiger partial charge on any atom is 0.195 e. The number of aromatic nitrogens is 1. The van der Waals surface area contributed by atoms with E-state index in [1.54, 1.807) is 6.20 Å². The Morgan fingerprint density at radius 1 is 1.19 bits per heavy atom. The maximum absolute atomic E-state index is 12.6. The van der Waals surface area contributed by atoms with Crippen LogP contribution >= 0.6 is 22.6 Å². The summed E-state index contributed by atoms with van der Waals surface area (Å²) in [5.41, 5.74) is 2.30. The van der Waals surface area contributed by atoms with Crippen LogP contribution in [0.2, 0.25) is 0 Å². The first kappa shape index (κ1) is 14.1. The number of H-pyrrole nitrogens is 1. The van der Waals surface area contributed by atoms with E-state index in [1.165, 1.54) is 0 Å². The quantitative estimate of drug-likeness (QED) is 0.529. The van der Waals surface area contributed by atoms with Gasteiger partial charge in [-0.05, 0) is 72.0 Å². The molecule has 0 atom stereocenters. The van der Waals surface area contributed by atoms with Gasteiger partial charge in [0, 0.05) is 31.8 Å². The number of carbonyl (C=O) groups is 1. The van der Waals surface area contributed by atoms with Crippen LogP contribution < -0.4 is 4.74 Å². The summed E-state index contributed by atoms with van der Waals surface area (Å²) >= 11 is 2.23. The van der Waals surface area contributed by atoms with E-state index < -0.39 is 0 Å². The number of hydrogen-bond donors (Lipinski definition) is 1. The molecule has 0 saturated carbocycles. The topological polar surface area (TPSA) is 42.1 Å². The highest BCUT2D eigenvalue weighted by Crippen LogP contribution is 2.25. The average Bonchev–Trinajstić information content (AvgIpc) is 2.91. The number of ether oxygens (including phenoxy) is 1. The molecule has 0 fully saturated rings. The normalized spacial score (nSPS) is 10.8. The van der Waals surface area contributed by atoms with Gasteiger partial charge in [0.2, 0.25) is 0 Å². The molecule has 0 spiro atoms. The Hall–Kier alpha value is -1.82. The van der Waals surface area contributed by atoms with Gasteiger partial charge in [-0.15, -0.1) is 0 Å². The molecule has 21 heavy (non-hydrogen) atoms. The summed E-state index contributed by atoms with van der Waals surface area (Å²) in [7, 11) is 0. The Balaban J connectivity index is 2.04. The third-order valence-electron chi connectivity index (χ3n) is 3.32. The van der Waals surface area contributed by atoms with Crippen LogP contribution in [-0.2, 0) is 0 Å². The van der Waals surface area contributed by atoms with Crippen molar-refractivity contribution in [3.8, 4) is 5.75 Å². The summed E-state index contributed by atoms with van der Waals surface area (Å²) in [6, 6.07) is 13.3. The molecule has 0 saturated heterocycles. The number of benzene rings is 2. The lowest BCUT2D eigenvalue weighted by Gasteiger charge is -2.04. The highest BCUT2D eigenvalue weighted by molar-refractivity contribution is 14.1. The van der Waals surface area contributed by atoms with Crippen LogP contribution in [0.4, 0.5) is 0 Å². The minimum atomic E-state index is 0.0197. The molecule has 3 rings (SSSR count). The predicted octanol–water partition coefficient (Wildman–Crippen LogP) is 4.40. The standard InChI is InChI=1S/C17H14INO2/c1-2-21-13-7-8-16-14(9-13)15(10-19-16)17(20)11-3-5-12(18)6-4-11/h3-10,19H,2H2,1H3. The maximum atomic E-state index is 12.6. The molecule has 1 aromatic heterocycles. The van der Waals surface area contributed by atoms with Gasteiger partial charge < -0.3 is 9.72 Å². The fourth-order valence-corrected chi connectivity index (χ4v) is 2.66. The van der Waals surface area contributed by atoms with Crippen molar-refractivity contribution in [1.82, 2.24) is 4.98 Å². The van der Waals surface area contributed by atoms with Crippen LogP contribution in [0, 0.1) is 3.57 Å². The summed E-state index contributed by atoms with van der Waals surface area (Å²) in [6.07, 6.45) is 1.76. The molecule has 1 heterocycles. The van der Waals surface area contributed by atoms with Gasteiger partial charge in [-0.25, -0.2) is 0 Å². The van der Waals surface area contributed by atoms with Crippen LogP contribution in [0.5, 0.6) is 5.75 Å². The third-order valence-corrected chi connectivity index (χ3v) is 4.03. The molecule has 0 bridgehead atoms. The lowest BCUT2D eigenvalue weighted by Crippen LogP contribution is -2.00. The van der Waals surface area contributed by atoms with Gasteiger partial charge >= 0.3 is 0 Å². The highest BCUT2D eigenvalue weighted by Gasteiger charge is 2.14. The molecule has 1 N–H and O–H groups in total. The van der Waals surface area contributed by atoms with Gasteiger partial charge in [0.05, 0.1) is 6.61 Å². The zero-order valence-corrected chi connectivity index (χ0v) is 13.7. The molecular formula is C17H14INO2. The molecule has 0 unspecified atom stereocenters. The number of halogens is 1. The van der Waals surface area contributed by atoms with Crippen molar-refractivity contribution in [2.75, 3.05) is 6.61 Å². The Bertz CT molecular complexity index is 790. The van der Waals surface area contributed by atoms with Crippen LogP contribution in [0.3, 0.4) is 0 Å². The van der Waals surface area contributed by atoms with E-state index in [0.29, 0.717) is 17.7 Å². The molecule has 0 aliphatic carbocycles. The Kier molecular flexibility index (Phi) is 3.96. The number of aromatic amines is 1. The number of nitrogens with one attached hydrogen (secondary N) is 1. The van der Waals surface area contributed by atoms with Crippen molar-refractivity contribution in [2.24, 2.45) is 0 Å². The van der Waals surface area contributed by atoms with Gasteiger partial charge in [-0.3, -0.25) is 4.79 Å². The van der Waals surface area contributed by atoms with Gasteiger partial charge in [0.1, 0.15) is 5.75 Å². The van der Waals surface area contributed by atoms with E-state index in [9.17, 15) is 4.79 Å². The van der Waals surface area contributed by atoms with Gasteiger partial charge in [-0.1, -0.05) is 0 Å². The molecule has 0 radical (unpaired) electrons. The zero-order chi connectivity index (χ0) is 14.8. The minimum Gasteiger partial charge on any atom is -0.494 e. The Morgan fingerprint density at radius 2 is 1.95 bits per heavy atom. The van der Waals surface area contributed by atoms with E-state index >= 15 is 0 Å². The van der Waals surface area contributed by atoms with E-state index in [-0.39, 0.29) is 5.78 Å². The summed E-state index contributed by atoms with van der Waals surface area (Å²) < 4.78 is 6.63. The highest BCUT2D eigenvalue weighted by atomic mass is 127. The smallest absolute Gasteiger partial charge is 0.195 e. The summed E-state index contributed by atoms with van der Waals surface area (Å²) in [5, 5.41) is 0.893. The van der Waals surface area contributed by atoms with E-state index in [4.69, 9.17) is 4.74 Å². The van der Waals surface area contributed by atoms with Gasteiger partial charge in [0.15, 0.2) is 5.78 Å². The van der Waals surface area contributed by atoms with Gasteiger partial charge in [0.25, 0.3) is 0 Å². The number of ketones is 1. The summed E-state index contributed by atoms with van der Waals surface area (Å²) in [6.45, 7) is 2.55. The number of carbonyl (C=O) groups excluding carboxylic acids is 1. The number of rotatable bonds is 4. The molecule has 0 aliphatic rings.